The van der Waals surface area contributed by atoms with Crippen LogP contribution in [-0.2, 0) is 36.0 Å². The maximum Gasteiger partial charge on any atom is 0.265 e. The molecule has 8 heterocycles. The number of aliphatic hydroxyl groups is 2. The molecule has 6 aliphatic rings. The molecule has 0 spiro atoms. The van der Waals surface area contributed by atoms with E-state index in [2.05, 4.69) is 24.9 Å². The molecule has 0 bridgehead atoms. The maximum absolute atomic E-state index is 14.7. The van der Waals surface area contributed by atoms with Crippen molar-refractivity contribution in [3.05, 3.63) is 76.2 Å². The number of aromatic nitrogens is 4. The number of rotatable bonds is 14. The van der Waals surface area contributed by atoms with Gasteiger partial charge in [0.2, 0.25) is 5.91 Å². The molecule has 6 aliphatic heterocycles. The largest absolute Gasteiger partial charge is 0.493 e. The minimum absolute atomic E-state index is 0.0303. The summed E-state index contributed by atoms with van der Waals surface area (Å²) in [5, 5.41) is 34.2. The third-order valence-corrected chi connectivity index (χ3v) is 14.2. The minimum Gasteiger partial charge on any atom is -0.493 e. The molecule has 18 heteroatoms. The number of alkyl halides is 2. The number of hydrogen-bond donors (Lipinski definition) is 3. The van der Waals surface area contributed by atoms with Crippen LogP contribution in [0.5, 0.6) is 5.75 Å². The van der Waals surface area contributed by atoms with Crippen molar-refractivity contribution in [1.82, 2.24) is 39.6 Å². The van der Waals surface area contributed by atoms with Crippen molar-refractivity contribution in [2.75, 3.05) is 37.7 Å². The lowest BCUT2D eigenvalue weighted by Crippen LogP contribution is -2.43. The van der Waals surface area contributed by atoms with Crippen LogP contribution in [0.3, 0.4) is 0 Å². The molecule has 2 aromatic carbocycles. The van der Waals surface area contributed by atoms with Gasteiger partial charge in [-0.05, 0) is 100 Å². The normalized spacial score (nSPS) is 23.5. The van der Waals surface area contributed by atoms with Crippen molar-refractivity contribution in [3.63, 3.8) is 0 Å². The first-order valence-electron chi connectivity index (χ1n) is 23.2. The number of nitrogens with zero attached hydrogens (tertiary/aromatic N) is 8. The zero-order valence-electron chi connectivity index (χ0n) is 36.9. The van der Waals surface area contributed by atoms with Crippen LogP contribution < -0.4 is 15.0 Å². The topological polar surface area (TPSA) is 174 Å². The van der Waals surface area contributed by atoms with Gasteiger partial charge in [-0.3, -0.25) is 38.4 Å². The number of hydrogen-bond acceptors (Lipinski definition) is 12. The fraction of sp³-hybridized carbons (Fsp3) is 0.553. The Hall–Kier alpha value is -5.27. The lowest BCUT2D eigenvalue weighted by molar-refractivity contribution is -0.121. The second-order valence-corrected chi connectivity index (χ2v) is 18.4. The first kappa shape index (κ1) is 43.6. The van der Waals surface area contributed by atoms with Crippen LogP contribution in [0.15, 0.2) is 42.7 Å². The van der Waals surface area contributed by atoms with Gasteiger partial charge in [0.25, 0.3) is 18.2 Å². The summed E-state index contributed by atoms with van der Waals surface area (Å²) in [6.45, 7) is 5.35. The predicted octanol–water partition coefficient (Wildman–Crippen LogP) is 5.20. The molecule has 2 aromatic heterocycles. The van der Waals surface area contributed by atoms with Crippen molar-refractivity contribution in [2.45, 2.75) is 127 Å². The highest BCUT2D eigenvalue weighted by atomic mass is 19.3. The van der Waals surface area contributed by atoms with E-state index >= 15 is 0 Å². The smallest absolute Gasteiger partial charge is 0.265 e. The highest BCUT2D eigenvalue weighted by Gasteiger charge is 2.55. The molecule has 346 valence electrons. The number of likely N-dealkylation sites (tertiary alicyclic amines) is 1. The minimum atomic E-state index is -2.67. The predicted molar refractivity (Wildman–Crippen MR) is 234 cm³/mol. The molecule has 0 aliphatic carbocycles. The number of benzene rings is 2. The Bertz CT molecular complexity index is 2470. The van der Waals surface area contributed by atoms with Gasteiger partial charge >= 0.3 is 0 Å². The third kappa shape index (κ3) is 8.32. The number of ether oxygens (including phenoxy) is 2. The zero-order valence-corrected chi connectivity index (χ0v) is 36.9. The highest BCUT2D eigenvalue weighted by Crippen LogP contribution is 2.44. The second-order valence-electron chi connectivity index (χ2n) is 18.4. The fourth-order valence-electron chi connectivity index (χ4n) is 10.7. The van der Waals surface area contributed by atoms with E-state index in [9.17, 15) is 33.4 Å². The van der Waals surface area contributed by atoms with E-state index < -0.39 is 49.1 Å². The Labute approximate surface area is 376 Å². The molecule has 5 atom stereocenters. The quantitative estimate of drug-likeness (QED) is 0.0860. The van der Waals surface area contributed by atoms with Crippen LogP contribution in [0.25, 0.3) is 11.1 Å². The van der Waals surface area contributed by atoms with Crippen molar-refractivity contribution < 1.29 is 42.9 Å². The van der Waals surface area contributed by atoms with E-state index in [1.807, 2.05) is 11.0 Å². The molecule has 3 fully saturated rings. The number of carbonyl (C=O) groups is 3. The van der Waals surface area contributed by atoms with Gasteiger partial charge < -0.3 is 29.9 Å². The van der Waals surface area contributed by atoms with Gasteiger partial charge in [0.15, 0.2) is 12.0 Å². The summed E-state index contributed by atoms with van der Waals surface area (Å²) < 4.78 is 44.9. The summed E-state index contributed by atoms with van der Waals surface area (Å²) >= 11 is 0. The number of aliphatic hydroxyl groups excluding tert-OH is 2. The van der Waals surface area contributed by atoms with Gasteiger partial charge in [0.05, 0.1) is 36.0 Å². The zero-order chi connectivity index (χ0) is 45.1. The molecule has 3 N–H and O–H groups in total. The van der Waals surface area contributed by atoms with E-state index in [1.54, 1.807) is 55.3 Å². The lowest BCUT2D eigenvalue weighted by Gasteiger charge is -2.36. The number of unbranched alkanes of at least 4 members (excludes halogenated alkanes) is 2. The number of nitrogens with one attached hydrogen (secondary N) is 1. The third-order valence-electron chi connectivity index (χ3n) is 14.2. The van der Waals surface area contributed by atoms with E-state index in [4.69, 9.17) is 14.6 Å². The molecule has 0 radical (unpaired) electrons. The van der Waals surface area contributed by atoms with Crippen molar-refractivity contribution in [1.29, 1.82) is 0 Å². The maximum atomic E-state index is 14.7. The first-order valence-corrected chi connectivity index (χ1v) is 23.2. The summed E-state index contributed by atoms with van der Waals surface area (Å²) in [6.07, 6.45) is 5.96. The molecular formula is C47H57F2N9O7. The van der Waals surface area contributed by atoms with E-state index in [1.165, 1.54) is 4.90 Å². The van der Waals surface area contributed by atoms with Crippen LogP contribution in [0.4, 0.5) is 20.3 Å². The molecule has 5 unspecified atom stereocenters. The van der Waals surface area contributed by atoms with Crippen LogP contribution in [-0.4, -0.2) is 126 Å². The average Bonchev–Trinajstić information content (AvgIpc) is 3.67. The van der Waals surface area contributed by atoms with Gasteiger partial charge in [-0.25, -0.2) is 8.78 Å². The van der Waals surface area contributed by atoms with Crippen LogP contribution in [0.2, 0.25) is 0 Å². The summed E-state index contributed by atoms with van der Waals surface area (Å²) in [4.78, 5) is 46.6. The summed E-state index contributed by atoms with van der Waals surface area (Å²) in [5.41, 5.74) is 5.58. The number of fused-ring (bicyclic) bond motifs is 4. The van der Waals surface area contributed by atoms with Gasteiger partial charge in [-0.15, -0.1) is 0 Å². The number of imide groups is 1. The molecule has 0 saturated carbocycles. The number of aryl methyl sites for hydroxylation is 2. The number of piperidine rings is 1. The molecule has 3 amide bonds. The van der Waals surface area contributed by atoms with Crippen molar-refractivity contribution in [2.24, 2.45) is 7.05 Å². The number of carbonyl (C=O) groups excluding carboxylic acids is 3. The highest BCUT2D eigenvalue weighted by molar-refractivity contribution is 6.23. The van der Waals surface area contributed by atoms with Gasteiger partial charge in [0.1, 0.15) is 24.3 Å². The summed E-state index contributed by atoms with van der Waals surface area (Å²) in [7, 11) is 1.78. The first-order chi connectivity index (χ1) is 31.4. The van der Waals surface area contributed by atoms with Gasteiger partial charge in [-0.2, -0.15) is 10.2 Å². The van der Waals surface area contributed by atoms with Crippen molar-refractivity contribution >= 4 is 29.2 Å². The lowest BCUT2D eigenvalue weighted by atomic mass is 9.92. The summed E-state index contributed by atoms with van der Waals surface area (Å²) in [6, 6.07) is 8.17. The van der Waals surface area contributed by atoms with Gasteiger partial charge in [-0.1, -0.05) is 6.07 Å². The molecule has 10 rings (SSSR count). The Morgan fingerprint density at radius 2 is 1.78 bits per heavy atom. The second kappa shape index (κ2) is 17.8. The van der Waals surface area contributed by atoms with Crippen molar-refractivity contribution in [3.8, 4) is 16.9 Å². The van der Waals surface area contributed by atoms with Gasteiger partial charge in [0, 0.05) is 86.9 Å². The standard InChI is InChI=1S/C47H57F2N9O7/c1-27(59)55-20-16-35-34(26-55)44(56-17-7-8-28-22-32(29-24-50-53(2)25-29)33(43(48)49)23-37(28)56)52-58(35)30-14-18-54(19-15-30)40(61)11-4-3-5-21-64-38-10-6-9-31-41(38)47(63)57(46(31)62)36-12-13-39(60)51-45-42(36)65-45/h6,9-10,22-25,27,30,36,40,42-43,45,59,61H,3-5,7-8,11-21,26H2,1-2H3,(H,51,60). The Kier molecular flexibility index (Phi) is 12.0. The number of amides is 3. The Morgan fingerprint density at radius 3 is 2.55 bits per heavy atom. The number of halogens is 2. The Morgan fingerprint density at radius 1 is 0.954 bits per heavy atom. The number of anilines is 2. The van der Waals surface area contributed by atoms with Crippen LogP contribution in [0.1, 0.15) is 120 Å². The average molecular weight is 898 g/mol. The fourth-order valence-corrected chi connectivity index (χ4v) is 10.7. The monoisotopic (exact) mass is 897 g/mol. The summed E-state index contributed by atoms with van der Waals surface area (Å²) in [5.74, 6) is 0.158. The molecule has 65 heavy (non-hydrogen) atoms. The molecule has 4 aromatic rings. The molecule has 3 saturated heterocycles. The number of epoxide rings is 1. The SMILES string of the molecule is CC(O)N1CCc2c(c(N3CCCc4cc(-c5cnn(C)c5)c(C(F)F)cc43)nn2C2CCN(C(O)CCCCCOc3cccc4c3C(=O)N(C3CCC(=O)NC5OC53)C4=O)CC2)C1. The Balaban J connectivity index is 0.753. The van der Waals surface area contributed by atoms with E-state index in [0.29, 0.717) is 87.5 Å². The van der Waals surface area contributed by atoms with E-state index in [-0.39, 0.29) is 29.5 Å². The van der Waals surface area contributed by atoms with Crippen LogP contribution >= 0.6 is 0 Å². The van der Waals surface area contributed by atoms with E-state index in [0.717, 1.165) is 66.9 Å². The van der Waals surface area contributed by atoms with Crippen LogP contribution in [0, 0.1) is 0 Å². The molecular weight excluding hydrogens is 841 g/mol. The molecule has 16 nitrogen and oxygen atoms in total.